The van der Waals surface area contributed by atoms with Crippen molar-refractivity contribution in [3.63, 3.8) is 0 Å². The number of rotatable bonds is 4. The van der Waals surface area contributed by atoms with Crippen molar-refractivity contribution in [2.45, 2.75) is 13.0 Å². The zero-order valence-corrected chi connectivity index (χ0v) is 17.0. The minimum atomic E-state index is -0.834. The van der Waals surface area contributed by atoms with Gasteiger partial charge in [-0.1, -0.05) is 0 Å². The summed E-state index contributed by atoms with van der Waals surface area (Å²) >= 11 is 1.19. The molecule has 1 atom stereocenters. The Morgan fingerprint density at radius 1 is 1.20 bits per heavy atom. The average Bonchev–Trinajstić information content (AvgIpc) is 3.38. The summed E-state index contributed by atoms with van der Waals surface area (Å²) in [6, 6.07) is 0.881. The lowest BCUT2D eigenvalue weighted by Crippen LogP contribution is -2.38. The number of hydrogen-bond acceptors (Lipinski definition) is 7. The zero-order valence-electron chi connectivity index (χ0n) is 16.2. The number of aryl methyl sites for hydroxylation is 1. The van der Waals surface area contributed by atoms with E-state index in [9.17, 15) is 18.8 Å². The quantitative estimate of drug-likeness (QED) is 0.489. The van der Waals surface area contributed by atoms with Gasteiger partial charge in [-0.05, 0) is 13.0 Å². The van der Waals surface area contributed by atoms with Crippen molar-refractivity contribution < 1.29 is 9.18 Å². The van der Waals surface area contributed by atoms with E-state index in [4.69, 9.17) is 0 Å². The standard InChI is InChI=1S/C18H16FN7O3S/c1-9(26-5-4-12-13(26)15(28)25(3)18(29)24(12)2)14(27)23-17-22-11(8-30-17)10-6-20-16(19)21-7-10/h4-9H,1-3H3,(H,22,23,27). The summed E-state index contributed by atoms with van der Waals surface area (Å²) in [4.78, 5) is 48.7. The van der Waals surface area contributed by atoms with Gasteiger partial charge in [0.2, 0.25) is 5.91 Å². The molecule has 0 aromatic carbocycles. The van der Waals surface area contributed by atoms with E-state index >= 15 is 0 Å². The first-order valence-electron chi connectivity index (χ1n) is 8.78. The molecule has 0 radical (unpaired) electrons. The summed E-state index contributed by atoms with van der Waals surface area (Å²) < 4.78 is 16.8. The molecule has 30 heavy (non-hydrogen) atoms. The normalized spacial score (nSPS) is 12.3. The Labute approximate surface area is 172 Å². The fraction of sp³-hybridized carbons (Fsp3) is 0.222. The third kappa shape index (κ3) is 3.20. The zero-order chi connectivity index (χ0) is 21.6. The van der Waals surface area contributed by atoms with Crippen LogP contribution < -0.4 is 16.6 Å². The highest BCUT2D eigenvalue weighted by Gasteiger charge is 2.21. The molecule has 4 heterocycles. The molecule has 4 aromatic rings. The number of nitrogens with zero attached hydrogens (tertiary/aromatic N) is 6. The van der Waals surface area contributed by atoms with Gasteiger partial charge in [-0.15, -0.1) is 11.3 Å². The molecule has 0 aliphatic carbocycles. The van der Waals surface area contributed by atoms with Crippen molar-refractivity contribution in [2.75, 3.05) is 5.32 Å². The Bertz CT molecular complexity index is 1380. The van der Waals surface area contributed by atoms with Crippen LogP contribution in [0.1, 0.15) is 13.0 Å². The van der Waals surface area contributed by atoms with Gasteiger partial charge in [0.05, 0.1) is 11.2 Å². The number of carbonyl (C=O) groups excluding carboxylic acids is 1. The van der Waals surface area contributed by atoms with E-state index < -0.39 is 23.4 Å². The van der Waals surface area contributed by atoms with Gasteiger partial charge < -0.3 is 9.88 Å². The van der Waals surface area contributed by atoms with Crippen LogP contribution in [0.5, 0.6) is 0 Å². The molecule has 0 saturated carbocycles. The lowest BCUT2D eigenvalue weighted by Gasteiger charge is -2.14. The Morgan fingerprint density at radius 3 is 2.60 bits per heavy atom. The molecule has 0 saturated heterocycles. The van der Waals surface area contributed by atoms with Gasteiger partial charge in [-0.3, -0.25) is 18.7 Å². The van der Waals surface area contributed by atoms with Crippen LogP contribution in [-0.2, 0) is 18.9 Å². The molecule has 1 unspecified atom stereocenters. The van der Waals surface area contributed by atoms with Crippen LogP contribution in [0.25, 0.3) is 22.3 Å². The lowest BCUT2D eigenvalue weighted by molar-refractivity contribution is -0.118. The highest BCUT2D eigenvalue weighted by Crippen LogP contribution is 2.25. The highest BCUT2D eigenvalue weighted by molar-refractivity contribution is 7.14. The second-order valence-electron chi connectivity index (χ2n) is 6.61. The highest BCUT2D eigenvalue weighted by atomic mass is 32.1. The Morgan fingerprint density at radius 2 is 1.90 bits per heavy atom. The number of hydrogen-bond donors (Lipinski definition) is 1. The third-order valence-corrected chi connectivity index (χ3v) is 5.54. The first kappa shape index (κ1) is 19.6. The summed E-state index contributed by atoms with van der Waals surface area (Å²) in [6.45, 7) is 1.64. The van der Waals surface area contributed by atoms with E-state index in [-0.39, 0.29) is 11.4 Å². The molecule has 0 aliphatic heterocycles. The van der Waals surface area contributed by atoms with Gasteiger partial charge >= 0.3 is 11.8 Å². The van der Waals surface area contributed by atoms with E-state index in [0.29, 0.717) is 21.9 Å². The summed E-state index contributed by atoms with van der Waals surface area (Å²) in [7, 11) is 2.96. The largest absolute Gasteiger partial charge is 0.331 e. The number of aromatic nitrogens is 6. The summed E-state index contributed by atoms with van der Waals surface area (Å²) in [5, 5.41) is 4.74. The van der Waals surface area contributed by atoms with Crippen molar-refractivity contribution >= 4 is 33.4 Å². The maximum atomic E-state index is 12.9. The molecule has 4 rings (SSSR count). The first-order valence-corrected chi connectivity index (χ1v) is 9.66. The van der Waals surface area contributed by atoms with Crippen LogP contribution in [0.15, 0.2) is 39.6 Å². The van der Waals surface area contributed by atoms with Gasteiger partial charge in [0, 0.05) is 43.6 Å². The molecule has 0 aliphatic rings. The number of anilines is 1. The van der Waals surface area contributed by atoms with Crippen molar-refractivity contribution in [3.8, 4) is 11.3 Å². The fourth-order valence-electron chi connectivity index (χ4n) is 3.07. The average molecular weight is 429 g/mol. The van der Waals surface area contributed by atoms with Gasteiger partial charge in [0.15, 0.2) is 5.13 Å². The van der Waals surface area contributed by atoms with Crippen LogP contribution in [0.3, 0.4) is 0 Å². The lowest BCUT2D eigenvalue weighted by atomic mass is 10.3. The van der Waals surface area contributed by atoms with E-state index in [1.54, 1.807) is 31.6 Å². The maximum absolute atomic E-state index is 12.9. The van der Waals surface area contributed by atoms with Crippen LogP contribution in [0.4, 0.5) is 9.52 Å². The molecule has 154 valence electrons. The van der Waals surface area contributed by atoms with E-state index in [1.165, 1.54) is 39.9 Å². The molecule has 4 aromatic heterocycles. The Hall–Kier alpha value is -3.67. The van der Waals surface area contributed by atoms with Gasteiger partial charge in [-0.25, -0.2) is 19.7 Å². The van der Waals surface area contributed by atoms with E-state index in [1.807, 2.05) is 0 Å². The molecule has 0 bridgehead atoms. The molecule has 1 N–H and O–H groups in total. The third-order valence-electron chi connectivity index (χ3n) is 4.78. The number of nitrogens with one attached hydrogen (secondary N) is 1. The molecule has 1 amide bonds. The second kappa shape index (κ2) is 7.30. The van der Waals surface area contributed by atoms with Crippen molar-refractivity contribution in [2.24, 2.45) is 14.1 Å². The van der Waals surface area contributed by atoms with Crippen molar-refractivity contribution in [1.29, 1.82) is 0 Å². The fourth-order valence-corrected chi connectivity index (χ4v) is 3.79. The van der Waals surface area contributed by atoms with Gasteiger partial charge in [-0.2, -0.15) is 4.39 Å². The number of halogens is 1. The van der Waals surface area contributed by atoms with Crippen LogP contribution >= 0.6 is 11.3 Å². The van der Waals surface area contributed by atoms with Gasteiger partial charge in [0.1, 0.15) is 11.6 Å². The summed E-state index contributed by atoms with van der Waals surface area (Å²) in [5.74, 6) is -0.389. The number of carbonyl (C=O) groups is 1. The smallest absolute Gasteiger partial charge is 0.330 e. The number of fused-ring (bicyclic) bond motifs is 1. The minimum absolute atomic E-state index is 0.255. The monoisotopic (exact) mass is 429 g/mol. The Balaban J connectivity index is 1.62. The predicted octanol–water partition coefficient (Wildman–Crippen LogP) is 1.29. The predicted molar refractivity (Wildman–Crippen MR) is 109 cm³/mol. The molecule has 10 nitrogen and oxygen atoms in total. The summed E-state index contributed by atoms with van der Waals surface area (Å²) in [5.41, 5.74) is 0.787. The van der Waals surface area contributed by atoms with Crippen LogP contribution in [0.2, 0.25) is 0 Å². The van der Waals surface area contributed by atoms with Gasteiger partial charge in [0.25, 0.3) is 5.56 Å². The van der Waals surface area contributed by atoms with E-state index in [2.05, 4.69) is 20.3 Å². The maximum Gasteiger partial charge on any atom is 0.331 e. The van der Waals surface area contributed by atoms with E-state index in [0.717, 1.165) is 4.57 Å². The molecular weight excluding hydrogens is 413 g/mol. The molecule has 0 fully saturated rings. The van der Waals surface area contributed by atoms with Crippen molar-refractivity contribution in [3.05, 3.63) is 57.0 Å². The molecule has 12 heteroatoms. The molecular formula is C18H16FN7O3S. The molecule has 0 spiro atoms. The SMILES string of the molecule is CC(C(=O)Nc1nc(-c2cnc(F)nc2)cs1)n1ccc2c1c(=O)n(C)c(=O)n2C. The first-order chi connectivity index (χ1) is 14.3. The minimum Gasteiger partial charge on any atom is -0.330 e. The topological polar surface area (TPSA) is 117 Å². The number of amides is 1. The second-order valence-corrected chi connectivity index (χ2v) is 7.46. The summed E-state index contributed by atoms with van der Waals surface area (Å²) in [6.07, 6.45) is 3.37. The van der Waals surface area contributed by atoms with Crippen LogP contribution in [0, 0.1) is 6.08 Å². The van der Waals surface area contributed by atoms with Crippen molar-refractivity contribution in [1.82, 2.24) is 28.7 Å². The Kier molecular flexibility index (Phi) is 4.78. The van der Waals surface area contributed by atoms with Crippen LogP contribution in [-0.4, -0.2) is 34.6 Å². The number of thiazole rings is 1.